The van der Waals surface area contributed by atoms with Crippen LogP contribution >= 0.6 is 11.8 Å². The third-order valence-electron chi connectivity index (χ3n) is 2.27. The third-order valence-corrected chi connectivity index (χ3v) is 3.60. The van der Waals surface area contributed by atoms with E-state index >= 15 is 0 Å². The molecule has 0 radical (unpaired) electrons. The number of carbonyl (C=O) groups excluding carboxylic acids is 1. The highest BCUT2D eigenvalue weighted by Crippen LogP contribution is 2.25. The smallest absolute Gasteiger partial charge is 0.233 e. The van der Waals surface area contributed by atoms with E-state index in [-0.39, 0.29) is 5.91 Å². The van der Waals surface area contributed by atoms with Crippen molar-refractivity contribution in [1.29, 1.82) is 0 Å². The van der Waals surface area contributed by atoms with Gasteiger partial charge in [0.15, 0.2) is 0 Å². The summed E-state index contributed by atoms with van der Waals surface area (Å²) in [6, 6.07) is 0.521. The van der Waals surface area contributed by atoms with Crippen LogP contribution in [0.5, 0.6) is 0 Å². The molecule has 1 amide bonds. The lowest BCUT2D eigenvalue weighted by atomic mass is 10.2. The predicted molar refractivity (Wildman–Crippen MR) is 57.0 cm³/mol. The molecule has 1 aliphatic heterocycles. The van der Waals surface area contributed by atoms with Crippen LogP contribution < -0.4 is 10.6 Å². The van der Waals surface area contributed by atoms with Gasteiger partial charge in [0.25, 0.3) is 0 Å². The van der Waals surface area contributed by atoms with Crippen molar-refractivity contribution in [3.8, 4) is 0 Å². The van der Waals surface area contributed by atoms with E-state index in [1.54, 1.807) is 0 Å². The Morgan fingerprint density at radius 1 is 1.62 bits per heavy atom. The average molecular weight is 202 g/mol. The quantitative estimate of drug-likeness (QED) is 0.701. The second kappa shape index (κ2) is 5.50. The van der Waals surface area contributed by atoms with Crippen LogP contribution in [0.2, 0.25) is 0 Å². The molecule has 0 aromatic heterocycles. The van der Waals surface area contributed by atoms with E-state index in [0.29, 0.717) is 17.8 Å². The van der Waals surface area contributed by atoms with E-state index in [2.05, 4.69) is 17.6 Å². The highest BCUT2D eigenvalue weighted by molar-refractivity contribution is 8.00. The lowest BCUT2D eigenvalue weighted by Gasteiger charge is -2.15. The maximum atomic E-state index is 11.1. The summed E-state index contributed by atoms with van der Waals surface area (Å²) in [7, 11) is 0. The fourth-order valence-corrected chi connectivity index (χ4v) is 2.71. The fourth-order valence-electron chi connectivity index (χ4n) is 1.48. The zero-order chi connectivity index (χ0) is 9.68. The first-order valence-electron chi connectivity index (χ1n) is 4.85. The van der Waals surface area contributed by atoms with Crippen molar-refractivity contribution in [2.75, 3.05) is 18.8 Å². The molecule has 1 heterocycles. The minimum Gasteiger partial charge on any atom is -0.355 e. The number of hydrogen-bond acceptors (Lipinski definition) is 3. The first-order valence-corrected chi connectivity index (χ1v) is 5.90. The molecule has 2 N–H and O–H groups in total. The first-order chi connectivity index (χ1) is 6.24. The van der Waals surface area contributed by atoms with Gasteiger partial charge in [-0.05, 0) is 19.1 Å². The topological polar surface area (TPSA) is 41.1 Å². The van der Waals surface area contributed by atoms with E-state index in [0.717, 1.165) is 6.54 Å². The van der Waals surface area contributed by atoms with Crippen LogP contribution in [-0.2, 0) is 4.79 Å². The summed E-state index contributed by atoms with van der Waals surface area (Å²) < 4.78 is 0. The Balaban J connectivity index is 2.14. The molecule has 3 nitrogen and oxygen atoms in total. The molecule has 0 aliphatic carbocycles. The standard InChI is InChI=1S/C9H18N2OS/c1-3-10-9(12)6-11-8-4-5-13-7(8)2/h7-8,11H,3-6H2,1-2H3,(H,10,12). The van der Waals surface area contributed by atoms with Crippen molar-refractivity contribution >= 4 is 17.7 Å². The van der Waals surface area contributed by atoms with Crippen LogP contribution in [-0.4, -0.2) is 36.0 Å². The van der Waals surface area contributed by atoms with Crippen LogP contribution in [0.3, 0.4) is 0 Å². The zero-order valence-corrected chi connectivity index (χ0v) is 9.12. The van der Waals surface area contributed by atoms with Crippen LogP contribution in [0.25, 0.3) is 0 Å². The molecule has 2 unspecified atom stereocenters. The number of rotatable bonds is 4. The molecule has 1 fully saturated rings. The van der Waals surface area contributed by atoms with Gasteiger partial charge < -0.3 is 10.6 Å². The van der Waals surface area contributed by atoms with E-state index < -0.39 is 0 Å². The maximum Gasteiger partial charge on any atom is 0.233 e. The van der Waals surface area contributed by atoms with Crippen LogP contribution in [0.1, 0.15) is 20.3 Å². The molecule has 1 aliphatic rings. The van der Waals surface area contributed by atoms with Crippen molar-refractivity contribution < 1.29 is 4.79 Å². The van der Waals surface area contributed by atoms with Crippen LogP contribution in [0, 0.1) is 0 Å². The number of thioether (sulfide) groups is 1. The number of hydrogen-bond donors (Lipinski definition) is 2. The summed E-state index contributed by atoms with van der Waals surface area (Å²) in [6.07, 6.45) is 1.19. The summed E-state index contributed by atoms with van der Waals surface area (Å²) in [4.78, 5) is 11.1. The Hall–Kier alpha value is -0.220. The molecule has 0 bridgehead atoms. The van der Waals surface area contributed by atoms with Gasteiger partial charge in [0, 0.05) is 17.8 Å². The normalized spacial score (nSPS) is 27.5. The first kappa shape index (κ1) is 10.9. The summed E-state index contributed by atoms with van der Waals surface area (Å²) in [6.45, 7) is 5.33. The molecule has 0 spiro atoms. The highest BCUT2D eigenvalue weighted by Gasteiger charge is 2.23. The Morgan fingerprint density at radius 3 is 2.92 bits per heavy atom. The number of nitrogens with one attached hydrogen (secondary N) is 2. The Morgan fingerprint density at radius 2 is 2.38 bits per heavy atom. The largest absolute Gasteiger partial charge is 0.355 e. The lowest BCUT2D eigenvalue weighted by Crippen LogP contribution is -2.41. The van der Waals surface area contributed by atoms with Gasteiger partial charge in [-0.1, -0.05) is 6.92 Å². The van der Waals surface area contributed by atoms with Crippen molar-refractivity contribution in [3.05, 3.63) is 0 Å². The molecule has 0 saturated carbocycles. The minimum absolute atomic E-state index is 0.103. The SMILES string of the molecule is CCNC(=O)CNC1CCSC1C. The second-order valence-electron chi connectivity index (χ2n) is 3.31. The number of amides is 1. The monoisotopic (exact) mass is 202 g/mol. The summed E-state index contributed by atoms with van der Waals surface area (Å²) in [5.41, 5.74) is 0. The zero-order valence-electron chi connectivity index (χ0n) is 8.30. The van der Waals surface area contributed by atoms with Crippen molar-refractivity contribution in [2.45, 2.75) is 31.6 Å². The molecule has 13 heavy (non-hydrogen) atoms. The summed E-state index contributed by atoms with van der Waals surface area (Å²) >= 11 is 1.98. The average Bonchev–Trinajstić information content (AvgIpc) is 2.48. The van der Waals surface area contributed by atoms with Crippen LogP contribution in [0.15, 0.2) is 0 Å². The molecule has 2 atom stereocenters. The van der Waals surface area contributed by atoms with Gasteiger partial charge in [0.1, 0.15) is 0 Å². The van der Waals surface area contributed by atoms with Gasteiger partial charge in [0.2, 0.25) is 5.91 Å². The fraction of sp³-hybridized carbons (Fsp3) is 0.889. The predicted octanol–water partition coefficient (Wildman–Crippen LogP) is 0.606. The molecular weight excluding hydrogens is 184 g/mol. The number of likely N-dealkylation sites (N-methyl/N-ethyl adjacent to an activating group) is 1. The Kier molecular flexibility index (Phi) is 4.59. The lowest BCUT2D eigenvalue weighted by molar-refractivity contribution is -0.120. The second-order valence-corrected chi connectivity index (χ2v) is 4.79. The molecular formula is C9H18N2OS. The molecule has 1 rings (SSSR count). The molecule has 4 heteroatoms. The maximum absolute atomic E-state index is 11.1. The summed E-state index contributed by atoms with van der Waals surface area (Å²) in [5, 5.41) is 6.71. The van der Waals surface area contributed by atoms with Crippen LogP contribution in [0.4, 0.5) is 0 Å². The van der Waals surface area contributed by atoms with Gasteiger partial charge in [-0.25, -0.2) is 0 Å². The van der Waals surface area contributed by atoms with Crippen molar-refractivity contribution in [2.24, 2.45) is 0 Å². The van der Waals surface area contributed by atoms with Gasteiger partial charge in [-0.15, -0.1) is 0 Å². The van der Waals surface area contributed by atoms with E-state index in [9.17, 15) is 4.79 Å². The van der Waals surface area contributed by atoms with Gasteiger partial charge >= 0.3 is 0 Å². The molecule has 0 aromatic rings. The molecule has 76 valence electrons. The minimum atomic E-state index is 0.103. The highest BCUT2D eigenvalue weighted by atomic mass is 32.2. The van der Waals surface area contributed by atoms with Crippen molar-refractivity contribution in [1.82, 2.24) is 10.6 Å². The molecule has 1 saturated heterocycles. The third kappa shape index (κ3) is 3.56. The number of carbonyl (C=O) groups is 1. The summed E-state index contributed by atoms with van der Waals surface area (Å²) in [5.74, 6) is 1.32. The van der Waals surface area contributed by atoms with E-state index in [4.69, 9.17) is 0 Å². The van der Waals surface area contributed by atoms with E-state index in [1.165, 1.54) is 12.2 Å². The molecule has 0 aromatic carbocycles. The Labute approximate surface area is 84.0 Å². The van der Waals surface area contributed by atoms with Gasteiger partial charge in [-0.2, -0.15) is 11.8 Å². The van der Waals surface area contributed by atoms with Gasteiger partial charge in [-0.3, -0.25) is 4.79 Å². The van der Waals surface area contributed by atoms with E-state index in [1.807, 2.05) is 18.7 Å². The van der Waals surface area contributed by atoms with Crippen molar-refractivity contribution in [3.63, 3.8) is 0 Å². The Bertz CT molecular complexity index is 175. The van der Waals surface area contributed by atoms with Gasteiger partial charge in [0.05, 0.1) is 6.54 Å².